The minimum absolute atomic E-state index is 0.202. The number of likely N-dealkylation sites (tertiary alicyclic amines) is 1. The quantitative estimate of drug-likeness (QED) is 0.874. The van der Waals surface area contributed by atoms with Crippen LogP contribution in [0.1, 0.15) is 33.8 Å². The van der Waals surface area contributed by atoms with Crippen LogP contribution < -0.4 is 5.73 Å². The third kappa shape index (κ3) is 2.62. The zero-order chi connectivity index (χ0) is 11.4. The fourth-order valence-corrected chi connectivity index (χ4v) is 3.01. The van der Waals surface area contributed by atoms with Gasteiger partial charge in [0.1, 0.15) is 0 Å². The van der Waals surface area contributed by atoms with Crippen LogP contribution in [0.25, 0.3) is 0 Å². The van der Waals surface area contributed by atoms with Crippen molar-refractivity contribution in [2.75, 3.05) is 19.6 Å². The van der Waals surface area contributed by atoms with E-state index < -0.39 is 0 Å². The molecule has 0 aromatic carbocycles. The number of hydrogen-bond donors (Lipinski definition) is 1. The van der Waals surface area contributed by atoms with E-state index in [1.807, 2.05) is 17.0 Å². The molecule has 1 aliphatic heterocycles. The molecule has 3 nitrogen and oxygen atoms in total. The van der Waals surface area contributed by atoms with Crippen molar-refractivity contribution in [2.45, 2.75) is 25.7 Å². The van der Waals surface area contributed by atoms with Crippen molar-refractivity contribution in [3.8, 4) is 0 Å². The van der Waals surface area contributed by atoms with Crippen LogP contribution >= 0.6 is 11.3 Å². The highest BCUT2D eigenvalue weighted by Gasteiger charge is 2.19. The van der Waals surface area contributed by atoms with Gasteiger partial charge >= 0.3 is 0 Å². The summed E-state index contributed by atoms with van der Waals surface area (Å²) in [7, 11) is 0. The summed E-state index contributed by atoms with van der Waals surface area (Å²) in [6.45, 7) is 2.49. The van der Waals surface area contributed by atoms with Gasteiger partial charge in [0.15, 0.2) is 0 Å². The highest BCUT2D eigenvalue weighted by Crippen LogP contribution is 2.20. The minimum Gasteiger partial charge on any atom is -0.338 e. The highest BCUT2D eigenvalue weighted by atomic mass is 32.1. The lowest BCUT2D eigenvalue weighted by Crippen LogP contribution is -2.35. The minimum atomic E-state index is 0.202. The Hall–Kier alpha value is -0.870. The molecule has 2 rings (SSSR count). The molecule has 4 heteroatoms. The highest BCUT2D eigenvalue weighted by molar-refractivity contribution is 7.14. The summed E-state index contributed by atoms with van der Waals surface area (Å²) in [4.78, 5) is 16.2. The molecule has 88 valence electrons. The predicted octanol–water partition coefficient (Wildman–Crippen LogP) is 1.88. The summed E-state index contributed by atoms with van der Waals surface area (Å²) in [5.74, 6) is 0.202. The number of hydrogen-bond acceptors (Lipinski definition) is 3. The lowest BCUT2D eigenvalue weighted by Gasteiger charge is -2.26. The number of nitrogens with two attached hydrogens (primary N) is 1. The molecule has 1 fully saturated rings. The lowest BCUT2D eigenvalue weighted by molar-refractivity contribution is 0.0729. The maximum absolute atomic E-state index is 12.1. The second-order valence-corrected chi connectivity index (χ2v) is 5.33. The van der Waals surface area contributed by atoms with Gasteiger partial charge in [0.05, 0.1) is 4.88 Å². The fourth-order valence-electron chi connectivity index (χ4n) is 2.02. The molecule has 1 saturated heterocycles. The Morgan fingerprint density at radius 3 is 2.75 bits per heavy atom. The topological polar surface area (TPSA) is 46.3 Å². The normalized spacial score (nSPS) is 16.4. The summed E-state index contributed by atoms with van der Waals surface area (Å²) in [6, 6.07) is 3.96. The van der Waals surface area contributed by atoms with Crippen molar-refractivity contribution in [1.29, 1.82) is 0 Å². The third-order valence-corrected chi connectivity index (χ3v) is 4.04. The maximum Gasteiger partial charge on any atom is 0.263 e. The van der Waals surface area contributed by atoms with Gasteiger partial charge in [0, 0.05) is 18.0 Å². The van der Waals surface area contributed by atoms with Crippen molar-refractivity contribution in [3.63, 3.8) is 0 Å². The van der Waals surface area contributed by atoms with Gasteiger partial charge in [-0.15, -0.1) is 11.3 Å². The van der Waals surface area contributed by atoms with E-state index in [1.54, 1.807) is 11.3 Å². The maximum atomic E-state index is 12.1. The number of rotatable bonds is 3. The molecule has 0 spiro atoms. The Balaban J connectivity index is 2.01. The van der Waals surface area contributed by atoms with E-state index in [4.69, 9.17) is 5.73 Å². The van der Waals surface area contributed by atoms with Crippen LogP contribution in [0.5, 0.6) is 0 Å². The number of piperidine rings is 1. The Morgan fingerprint density at radius 2 is 2.06 bits per heavy atom. The molecule has 1 aliphatic rings. The van der Waals surface area contributed by atoms with Gasteiger partial charge in [-0.1, -0.05) is 0 Å². The summed E-state index contributed by atoms with van der Waals surface area (Å²) in [6.07, 6.45) is 4.42. The molecule has 0 unspecified atom stereocenters. The molecule has 2 N–H and O–H groups in total. The first kappa shape index (κ1) is 11.6. The van der Waals surface area contributed by atoms with Gasteiger partial charge in [0.2, 0.25) is 0 Å². The van der Waals surface area contributed by atoms with Crippen LogP contribution in [-0.4, -0.2) is 30.4 Å². The Labute approximate surface area is 100 Å². The summed E-state index contributed by atoms with van der Waals surface area (Å²) in [5, 5.41) is 0. The van der Waals surface area contributed by atoms with Crippen LogP contribution in [0.15, 0.2) is 12.1 Å². The molecule has 0 atom stereocenters. The van der Waals surface area contributed by atoms with E-state index >= 15 is 0 Å². The van der Waals surface area contributed by atoms with E-state index in [-0.39, 0.29) is 5.91 Å². The first-order chi connectivity index (χ1) is 7.81. The first-order valence-electron chi connectivity index (χ1n) is 5.89. The molecule has 1 aromatic heterocycles. The van der Waals surface area contributed by atoms with Crippen LogP contribution in [0, 0.1) is 0 Å². The van der Waals surface area contributed by atoms with Crippen LogP contribution in [0.4, 0.5) is 0 Å². The Morgan fingerprint density at radius 1 is 1.31 bits per heavy atom. The van der Waals surface area contributed by atoms with Gasteiger partial charge < -0.3 is 10.6 Å². The van der Waals surface area contributed by atoms with Crippen molar-refractivity contribution < 1.29 is 4.79 Å². The van der Waals surface area contributed by atoms with E-state index in [1.165, 1.54) is 11.3 Å². The second kappa shape index (κ2) is 5.46. The molecule has 0 aliphatic carbocycles. The van der Waals surface area contributed by atoms with E-state index in [9.17, 15) is 4.79 Å². The monoisotopic (exact) mass is 238 g/mol. The van der Waals surface area contributed by atoms with Gasteiger partial charge in [-0.25, -0.2) is 0 Å². The van der Waals surface area contributed by atoms with Crippen LogP contribution in [0.3, 0.4) is 0 Å². The van der Waals surface area contributed by atoms with Crippen LogP contribution in [0.2, 0.25) is 0 Å². The molecular formula is C12H18N2OS. The number of carbonyl (C=O) groups is 1. The second-order valence-electron chi connectivity index (χ2n) is 4.16. The molecule has 1 aromatic rings. The predicted molar refractivity (Wildman–Crippen MR) is 66.8 cm³/mol. The SMILES string of the molecule is NCCc1ccc(C(=O)N2CCCCC2)s1. The number of nitrogens with zero attached hydrogens (tertiary/aromatic N) is 1. The number of amides is 1. The molecule has 0 radical (unpaired) electrons. The van der Waals surface area contributed by atoms with Gasteiger partial charge in [-0.2, -0.15) is 0 Å². The average Bonchev–Trinajstić information content (AvgIpc) is 2.78. The zero-order valence-electron chi connectivity index (χ0n) is 9.45. The smallest absolute Gasteiger partial charge is 0.263 e. The largest absolute Gasteiger partial charge is 0.338 e. The first-order valence-corrected chi connectivity index (χ1v) is 6.71. The van der Waals surface area contributed by atoms with E-state index in [0.717, 1.165) is 37.2 Å². The molecular weight excluding hydrogens is 220 g/mol. The molecule has 0 bridgehead atoms. The number of thiophene rings is 1. The summed E-state index contributed by atoms with van der Waals surface area (Å²) in [5.41, 5.74) is 5.50. The average molecular weight is 238 g/mol. The Bertz CT molecular complexity index is 356. The number of carbonyl (C=O) groups excluding carboxylic acids is 1. The fraction of sp³-hybridized carbons (Fsp3) is 0.583. The van der Waals surface area contributed by atoms with Gasteiger partial charge in [0.25, 0.3) is 5.91 Å². The summed E-state index contributed by atoms with van der Waals surface area (Å²) >= 11 is 1.59. The van der Waals surface area contributed by atoms with E-state index in [0.29, 0.717) is 6.54 Å². The lowest BCUT2D eigenvalue weighted by atomic mass is 10.1. The molecule has 1 amide bonds. The van der Waals surface area contributed by atoms with Crippen LogP contribution in [-0.2, 0) is 6.42 Å². The van der Waals surface area contributed by atoms with Crippen molar-refractivity contribution in [3.05, 3.63) is 21.9 Å². The van der Waals surface area contributed by atoms with Crippen molar-refractivity contribution in [1.82, 2.24) is 4.90 Å². The Kier molecular flexibility index (Phi) is 3.96. The van der Waals surface area contributed by atoms with Gasteiger partial charge in [-0.05, 0) is 44.4 Å². The molecule has 16 heavy (non-hydrogen) atoms. The summed E-state index contributed by atoms with van der Waals surface area (Å²) < 4.78 is 0. The third-order valence-electron chi connectivity index (χ3n) is 2.91. The zero-order valence-corrected chi connectivity index (χ0v) is 10.3. The van der Waals surface area contributed by atoms with Crippen molar-refractivity contribution in [2.24, 2.45) is 5.73 Å². The van der Waals surface area contributed by atoms with Crippen molar-refractivity contribution >= 4 is 17.2 Å². The standard InChI is InChI=1S/C12H18N2OS/c13-7-6-10-4-5-11(16-10)12(15)14-8-2-1-3-9-14/h4-5H,1-3,6-9,13H2. The molecule has 0 saturated carbocycles. The van der Waals surface area contributed by atoms with Gasteiger partial charge in [-0.3, -0.25) is 4.79 Å². The van der Waals surface area contributed by atoms with E-state index in [2.05, 4.69) is 0 Å². The molecule has 2 heterocycles.